The SMILES string of the molecule is O=S(=O)(O)c1cccc(Nc2nc(NCCO)nc(Nc3ccc(C=Cc4ccc(Nc5nc(NCCO)nc(Nc6cccc(S(=O)(=O)O)c6)n5)cc4S(=O)(=O)O)c(S(=O)(=O)O)c3)n2)c1.[Na].[Na].[Na].[Na]. The third-order valence-corrected chi connectivity index (χ3v) is 11.9. The van der Waals surface area contributed by atoms with E-state index in [-0.39, 0.29) is 214 Å². The zero-order chi connectivity index (χ0) is 47.9. The van der Waals surface area contributed by atoms with E-state index >= 15 is 0 Å². The molecule has 0 aliphatic rings. The summed E-state index contributed by atoms with van der Waals surface area (Å²) >= 11 is 0. The van der Waals surface area contributed by atoms with Crippen LogP contribution in [0.3, 0.4) is 0 Å². The van der Waals surface area contributed by atoms with Gasteiger partial charge in [-0.1, -0.05) is 36.4 Å². The van der Waals surface area contributed by atoms with Gasteiger partial charge in [0.1, 0.15) is 9.79 Å². The second-order valence-corrected chi connectivity index (χ2v) is 18.8. The minimum atomic E-state index is -4.98. The number of aliphatic hydroxyl groups excluding tert-OH is 2. The van der Waals surface area contributed by atoms with Crippen molar-refractivity contribution in [1.29, 1.82) is 0 Å². The van der Waals surface area contributed by atoms with Gasteiger partial charge in [0.2, 0.25) is 35.7 Å². The van der Waals surface area contributed by atoms with Gasteiger partial charge in [-0.3, -0.25) is 18.2 Å². The van der Waals surface area contributed by atoms with E-state index < -0.39 is 60.1 Å². The summed E-state index contributed by atoms with van der Waals surface area (Å²) in [6, 6.07) is 17.3. The van der Waals surface area contributed by atoms with E-state index in [0.29, 0.717) is 0 Å². The molecule has 0 aliphatic heterocycles. The van der Waals surface area contributed by atoms with Crippen molar-refractivity contribution in [3.63, 3.8) is 0 Å². The summed E-state index contributed by atoms with van der Waals surface area (Å²) in [5, 5.41) is 35.1. The maximum absolute atomic E-state index is 12.6. The second kappa shape index (κ2) is 27.3. The van der Waals surface area contributed by atoms with E-state index in [1.165, 1.54) is 48.5 Å². The molecule has 352 valence electrons. The molecule has 2 heterocycles. The van der Waals surface area contributed by atoms with E-state index in [1.807, 2.05) is 0 Å². The van der Waals surface area contributed by atoms with Gasteiger partial charge in [-0.15, -0.1) is 0 Å². The average molecular weight is 1080 g/mol. The standard InChI is InChI=1S/C36H36N12O14S4.4Na/c49-15-13-37-31-43-33(39-23-3-1-5-27(17-23)63(51,52)53)47-35(45-31)41-25-11-9-21(29(19-25)65(57,58)59)7-8-22-10-12-26(20-30(22)66(60,61)62)42-36-46-32(38-14-16-50)44-34(48-36)40-24-4-2-6-28(18-24)64(54,55)56;;;;/h1-12,17-20,49-50H,13-16H2,(H,51,52,53)(H,54,55,56)(H,57,58,59)(H,60,61,62)(H3,37,39,41,43,45,47)(H3,38,40,42,44,46,48);;;;. The van der Waals surface area contributed by atoms with E-state index in [1.54, 1.807) is 0 Å². The maximum atomic E-state index is 12.6. The van der Waals surface area contributed by atoms with Gasteiger partial charge in [0.15, 0.2) is 0 Å². The summed E-state index contributed by atoms with van der Waals surface area (Å²) in [5.41, 5.74) is -0.00857. The van der Waals surface area contributed by atoms with Crippen LogP contribution in [0, 0.1) is 0 Å². The third-order valence-electron chi connectivity index (χ3n) is 8.37. The number of anilines is 10. The van der Waals surface area contributed by atoms with Crippen molar-refractivity contribution in [3.05, 3.63) is 96.1 Å². The smallest absolute Gasteiger partial charge is 0.295 e. The predicted molar refractivity (Wildman–Crippen MR) is 261 cm³/mol. The number of benzene rings is 4. The molecule has 70 heavy (non-hydrogen) atoms. The molecule has 6 rings (SSSR count). The molecular formula is C36H36N12Na4O14S4. The summed E-state index contributed by atoms with van der Waals surface area (Å²) in [7, 11) is -19.1. The van der Waals surface area contributed by atoms with Gasteiger partial charge in [-0.2, -0.15) is 63.6 Å². The van der Waals surface area contributed by atoms with Crippen LogP contribution in [0.25, 0.3) is 12.2 Å². The van der Waals surface area contributed by atoms with Gasteiger partial charge in [0, 0.05) is 154 Å². The van der Waals surface area contributed by atoms with Crippen LogP contribution in [-0.2, 0) is 40.5 Å². The largest absolute Gasteiger partial charge is 0.395 e. The molecule has 4 radical (unpaired) electrons. The molecule has 0 saturated heterocycles. The van der Waals surface area contributed by atoms with E-state index in [2.05, 4.69) is 61.8 Å². The summed E-state index contributed by atoms with van der Waals surface area (Å²) in [6.07, 6.45) is 2.29. The van der Waals surface area contributed by atoms with Gasteiger partial charge in [-0.05, 0) is 71.8 Å². The van der Waals surface area contributed by atoms with Gasteiger partial charge >= 0.3 is 0 Å². The Bertz CT molecular complexity index is 3080. The topological polar surface area (TPSA) is 407 Å². The molecule has 0 atom stereocenters. The van der Waals surface area contributed by atoms with E-state index in [0.717, 1.165) is 48.6 Å². The molecule has 0 spiro atoms. The Morgan fingerprint density at radius 1 is 0.400 bits per heavy atom. The molecule has 26 nitrogen and oxygen atoms in total. The Morgan fingerprint density at radius 2 is 0.700 bits per heavy atom. The molecule has 6 aromatic rings. The molecule has 0 aliphatic carbocycles. The van der Waals surface area contributed by atoms with Crippen molar-refractivity contribution in [3.8, 4) is 0 Å². The summed E-state index contributed by atoms with van der Waals surface area (Å²) < 4.78 is 136. The molecule has 0 bridgehead atoms. The molecule has 34 heteroatoms. The monoisotopic (exact) mass is 1080 g/mol. The van der Waals surface area contributed by atoms with Crippen LogP contribution >= 0.6 is 0 Å². The first-order valence-corrected chi connectivity index (χ1v) is 24.2. The zero-order valence-corrected chi connectivity index (χ0v) is 48.6. The normalized spacial score (nSPS) is 11.5. The summed E-state index contributed by atoms with van der Waals surface area (Å²) in [6.45, 7) is -0.641. The minimum absolute atomic E-state index is 0. The fraction of sp³-hybridized carbons (Fsp3) is 0.111. The Morgan fingerprint density at radius 3 is 0.986 bits per heavy atom. The van der Waals surface area contributed by atoms with Gasteiger partial charge in [0.25, 0.3) is 40.5 Å². The first-order chi connectivity index (χ1) is 31.1. The van der Waals surface area contributed by atoms with E-state index in [9.17, 15) is 62.1 Å². The van der Waals surface area contributed by atoms with Crippen molar-refractivity contribution in [2.24, 2.45) is 0 Å². The number of hydrogen-bond donors (Lipinski definition) is 12. The number of nitrogens with one attached hydrogen (secondary N) is 6. The quantitative estimate of drug-likeness (QED) is 0.0292. The van der Waals surface area contributed by atoms with Gasteiger partial charge < -0.3 is 42.1 Å². The average Bonchev–Trinajstić information content (AvgIpc) is 3.23. The van der Waals surface area contributed by atoms with Gasteiger partial charge in [-0.25, -0.2) is 0 Å². The van der Waals surface area contributed by atoms with Crippen LogP contribution in [0.15, 0.2) is 105 Å². The Balaban J connectivity index is 0.00000420. The van der Waals surface area contributed by atoms with Crippen molar-refractivity contribution in [2.75, 3.05) is 58.2 Å². The molecule has 0 fully saturated rings. The van der Waals surface area contributed by atoms with Crippen molar-refractivity contribution >= 4 is 229 Å². The second-order valence-electron chi connectivity index (χ2n) is 13.2. The zero-order valence-electron chi connectivity index (χ0n) is 37.3. The van der Waals surface area contributed by atoms with Crippen molar-refractivity contribution in [1.82, 2.24) is 29.9 Å². The molecule has 4 aromatic carbocycles. The Kier molecular flexibility index (Phi) is 24.6. The van der Waals surface area contributed by atoms with Crippen LogP contribution in [0.5, 0.6) is 0 Å². The fourth-order valence-electron chi connectivity index (χ4n) is 5.58. The predicted octanol–water partition coefficient (Wildman–Crippen LogP) is 1.47. The maximum Gasteiger partial charge on any atom is 0.295 e. The van der Waals surface area contributed by atoms with Crippen LogP contribution in [0.1, 0.15) is 11.1 Å². The van der Waals surface area contributed by atoms with Crippen LogP contribution in [0.2, 0.25) is 0 Å². The molecule has 12 N–H and O–H groups in total. The molecule has 0 amide bonds. The molecular weight excluding hydrogens is 1040 g/mol. The summed E-state index contributed by atoms with van der Waals surface area (Å²) in [5.74, 6) is -0.911. The fourth-order valence-corrected chi connectivity index (χ4v) is 8.05. The number of nitrogens with zero attached hydrogens (tertiary/aromatic N) is 6. The van der Waals surface area contributed by atoms with Crippen LogP contribution in [-0.4, -0.2) is 237 Å². The van der Waals surface area contributed by atoms with E-state index in [4.69, 9.17) is 0 Å². The van der Waals surface area contributed by atoms with Crippen LogP contribution in [0.4, 0.5) is 58.4 Å². The molecule has 0 saturated carbocycles. The molecule has 2 aromatic heterocycles. The number of hydrogen-bond acceptors (Lipinski definition) is 22. The minimum Gasteiger partial charge on any atom is -0.395 e. The first kappa shape index (κ1) is 63.1. The van der Waals surface area contributed by atoms with Crippen molar-refractivity contribution in [2.45, 2.75) is 19.6 Å². The van der Waals surface area contributed by atoms with Crippen LogP contribution < -0.4 is 31.9 Å². The Labute approximate surface area is 489 Å². The Hall–Kier alpha value is -3.00. The number of aromatic nitrogens is 6. The number of rotatable bonds is 20. The third kappa shape index (κ3) is 18.5. The summed E-state index contributed by atoms with van der Waals surface area (Å²) in [4.78, 5) is 22.9. The molecule has 0 unspecified atom stereocenters. The number of aliphatic hydroxyl groups is 2. The van der Waals surface area contributed by atoms with Gasteiger partial charge in [0.05, 0.1) is 23.0 Å². The van der Waals surface area contributed by atoms with Crippen molar-refractivity contribution < 1.29 is 62.1 Å². The first-order valence-electron chi connectivity index (χ1n) is 18.4.